The summed E-state index contributed by atoms with van der Waals surface area (Å²) >= 11 is 1.44. The Labute approximate surface area is 209 Å². The lowest BCUT2D eigenvalue weighted by molar-refractivity contribution is -0.114. The Bertz CT molecular complexity index is 1350. The lowest BCUT2D eigenvalue weighted by Crippen LogP contribution is -2.30. The average molecular weight is 493 g/mol. The number of rotatable bonds is 7. The molecule has 2 aromatic heterocycles. The fourth-order valence-corrected chi connectivity index (χ4v) is 4.53. The van der Waals surface area contributed by atoms with Crippen LogP contribution in [-0.2, 0) is 4.79 Å². The maximum Gasteiger partial charge on any atom is 0.243 e. The van der Waals surface area contributed by atoms with Gasteiger partial charge in [0.25, 0.3) is 0 Å². The van der Waals surface area contributed by atoms with Gasteiger partial charge < -0.3 is 20.3 Å². The van der Waals surface area contributed by atoms with Crippen LogP contribution in [0.5, 0.6) is 5.75 Å². The van der Waals surface area contributed by atoms with Crippen LogP contribution in [0.25, 0.3) is 16.2 Å². The van der Waals surface area contributed by atoms with Gasteiger partial charge in [0, 0.05) is 23.8 Å². The Balaban J connectivity index is 1.60. The number of anilines is 3. The summed E-state index contributed by atoms with van der Waals surface area (Å²) < 4.78 is 7.12. The second-order valence-corrected chi connectivity index (χ2v) is 10.6. The molecule has 0 aliphatic rings. The third-order valence-electron chi connectivity index (χ3n) is 5.64. The maximum atomic E-state index is 12.7. The summed E-state index contributed by atoms with van der Waals surface area (Å²) in [7, 11) is 3.51. The van der Waals surface area contributed by atoms with Gasteiger partial charge in [-0.3, -0.25) is 4.79 Å². The van der Waals surface area contributed by atoms with E-state index in [4.69, 9.17) is 14.8 Å². The van der Waals surface area contributed by atoms with Crippen LogP contribution in [0.1, 0.15) is 31.9 Å². The Hall–Kier alpha value is -3.59. The van der Waals surface area contributed by atoms with E-state index < -0.39 is 0 Å². The third kappa shape index (κ3) is 5.40. The van der Waals surface area contributed by atoms with Crippen molar-refractivity contribution in [1.82, 2.24) is 14.6 Å². The van der Waals surface area contributed by atoms with Crippen molar-refractivity contribution in [2.75, 3.05) is 36.2 Å². The van der Waals surface area contributed by atoms with Crippen LogP contribution >= 0.6 is 11.3 Å². The highest BCUT2D eigenvalue weighted by Crippen LogP contribution is 2.35. The molecule has 0 saturated carbocycles. The molecule has 184 valence electrons. The van der Waals surface area contributed by atoms with Crippen LogP contribution in [-0.4, -0.2) is 46.7 Å². The Morgan fingerprint density at radius 3 is 2.51 bits per heavy atom. The number of amides is 1. The number of fused-ring (bicyclic) bond motifs is 1. The topological polar surface area (TPSA) is 83.8 Å². The van der Waals surface area contributed by atoms with Gasteiger partial charge >= 0.3 is 0 Å². The average Bonchev–Trinajstić information content (AvgIpc) is 3.35. The van der Waals surface area contributed by atoms with Crippen molar-refractivity contribution in [3.05, 3.63) is 53.6 Å². The van der Waals surface area contributed by atoms with Gasteiger partial charge in [-0.2, -0.15) is 4.52 Å². The van der Waals surface area contributed by atoms with E-state index in [-0.39, 0.29) is 18.0 Å². The number of hydrogen-bond donors (Lipinski definition) is 2. The number of nitrogens with one attached hydrogen (secondary N) is 2. The monoisotopic (exact) mass is 492 g/mol. The number of aryl methyl sites for hydroxylation is 1. The minimum atomic E-state index is -0.196. The van der Waals surface area contributed by atoms with Crippen molar-refractivity contribution in [2.45, 2.75) is 40.2 Å². The van der Waals surface area contributed by atoms with Crippen molar-refractivity contribution in [1.29, 1.82) is 0 Å². The van der Waals surface area contributed by atoms with Crippen LogP contribution in [0.2, 0.25) is 0 Å². The fraction of sp³-hybridized carbons (Fsp3) is 0.346. The summed E-state index contributed by atoms with van der Waals surface area (Å²) in [5.74, 6) is 1.51. The van der Waals surface area contributed by atoms with E-state index in [9.17, 15) is 4.79 Å². The molecule has 35 heavy (non-hydrogen) atoms. The van der Waals surface area contributed by atoms with Crippen molar-refractivity contribution >= 4 is 38.8 Å². The van der Waals surface area contributed by atoms with Gasteiger partial charge in [0.2, 0.25) is 16.0 Å². The first-order valence-corrected chi connectivity index (χ1v) is 12.3. The molecule has 0 radical (unpaired) electrons. The molecule has 2 heterocycles. The van der Waals surface area contributed by atoms with Crippen LogP contribution in [0.4, 0.5) is 16.6 Å². The van der Waals surface area contributed by atoms with Crippen LogP contribution in [0.15, 0.2) is 42.5 Å². The first kappa shape index (κ1) is 24.5. The van der Waals surface area contributed by atoms with Crippen LogP contribution < -0.4 is 20.3 Å². The number of carbonyl (C=O) groups excluding carboxylic acids is 1. The van der Waals surface area contributed by atoms with E-state index in [0.717, 1.165) is 44.6 Å². The largest absolute Gasteiger partial charge is 0.497 e. The van der Waals surface area contributed by atoms with E-state index in [1.54, 1.807) is 7.11 Å². The molecule has 0 aliphatic carbocycles. The summed E-state index contributed by atoms with van der Waals surface area (Å²) in [6.07, 6.45) is 0. The van der Waals surface area contributed by atoms with Gasteiger partial charge in [0.1, 0.15) is 11.4 Å². The SMILES string of the molecule is COc1ccc(-c2nc3sc(N(C)CC(=O)Nc4cccc(C)c4C)nn3c2NC(C)(C)C)cc1. The van der Waals surface area contributed by atoms with Crippen molar-refractivity contribution in [3.63, 3.8) is 0 Å². The highest BCUT2D eigenvalue weighted by molar-refractivity contribution is 7.20. The Morgan fingerprint density at radius 2 is 1.86 bits per heavy atom. The van der Waals surface area contributed by atoms with E-state index in [1.165, 1.54) is 11.3 Å². The molecule has 0 unspecified atom stereocenters. The number of carbonyl (C=O) groups is 1. The van der Waals surface area contributed by atoms with Gasteiger partial charge in [-0.25, -0.2) is 4.98 Å². The van der Waals surface area contributed by atoms with Gasteiger partial charge in [-0.15, -0.1) is 5.10 Å². The molecule has 0 spiro atoms. The molecule has 4 rings (SSSR count). The minimum absolute atomic E-state index is 0.0963. The molecule has 8 nitrogen and oxygen atoms in total. The number of nitrogens with zero attached hydrogens (tertiary/aromatic N) is 4. The standard InChI is InChI=1S/C26H32N6O2S/c1-16-9-8-10-20(17(16)2)27-21(33)15-31(6)25-30-32-23(29-26(3,4)5)22(28-24(32)35-25)18-11-13-19(34-7)14-12-18/h8-14,29H,15H2,1-7H3,(H,27,33). The highest BCUT2D eigenvalue weighted by Gasteiger charge is 2.23. The summed E-state index contributed by atoms with van der Waals surface area (Å²) in [6.45, 7) is 10.5. The second kappa shape index (κ2) is 9.58. The smallest absolute Gasteiger partial charge is 0.243 e. The predicted molar refractivity (Wildman–Crippen MR) is 144 cm³/mol. The molecular weight excluding hydrogens is 460 g/mol. The Morgan fingerprint density at radius 1 is 1.14 bits per heavy atom. The molecule has 0 fully saturated rings. The molecule has 2 N–H and O–H groups in total. The number of methoxy groups -OCH3 is 1. The number of benzene rings is 2. The van der Waals surface area contributed by atoms with E-state index in [2.05, 4.69) is 31.4 Å². The summed E-state index contributed by atoms with van der Waals surface area (Å²) in [5, 5.41) is 12.1. The normalized spacial score (nSPS) is 11.5. The first-order valence-electron chi connectivity index (χ1n) is 11.4. The third-order valence-corrected chi connectivity index (χ3v) is 6.66. The molecule has 4 aromatic rings. The van der Waals surface area contributed by atoms with E-state index in [0.29, 0.717) is 5.13 Å². The van der Waals surface area contributed by atoms with Crippen molar-refractivity contribution in [2.24, 2.45) is 0 Å². The molecular formula is C26H32N6O2S. The fourth-order valence-electron chi connectivity index (χ4n) is 3.67. The minimum Gasteiger partial charge on any atom is -0.497 e. The summed E-state index contributed by atoms with van der Waals surface area (Å²) in [5.41, 5.74) is 4.64. The number of aromatic nitrogens is 3. The number of likely N-dealkylation sites (N-methyl/N-ethyl adjacent to an activating group) is 1. The van der Waals surface area contributed by atoms with Crippen molar-refractivity contribution < 1.29 is 9.53 Å². The zero-order valence-electron chi connectivity index (χ0n) is 21.3. The number of ether oxygens (including phenoxy) is 1. The van der Waals surface area contributed by atoms with Gasteiger partial charge in [0.15, 0.2) is 5.82 Å². The summed E-state index contributed by atoms with van der Waals surface area (Å²) in [6, 6.07) is 13.7. The lowest BCUT2D eigenvalue weighted by Gasteiger charge is -2.22. The number of hydrogen-bond acceptors (Lipinski definition) is 7. The molecule has 9 heteroatoms. The quantitative estimate of drug-likeness (QED) is 0.361. The number of imidazole rings is 1. The van der Waals surface area contributed by atoms with E-state index in [1.807, 2.05) is 72.8 Å². The zero-order chi connectivity index (χ0) is 25.3. The van der Waals surface area contributed by atoms with E-state index >= 15 is 0 Å². The zero-order valence-corrected chi connectivity index (χ0v) is 22.1. The molecule has 0 atom stereocenters. The summed E-state index contributed by atoms with van der Waals surface area (Å²) in [4.78, 5) is 20.2. The lowest BCUT2D eigenvalue weighted by atomic mass is 10.1. The predicted octanol–water partition coefficient (Wildman–Crippen LogP) is 5.37. The first-order chi connectivity index (χ1) is 16.6. The van der Waals surface area contributed by atoms with Gasteiger partial charge in [-0.05, 0) is 76.1 Å². The van der Waals surface area contributed by atoms with Gasteiger partial charge in [-0.1, -0.05) is 23.5 Å². The molecule has 0 bridgehead atoms. The van der Waals surface area contributed by atoms with Crippen LogP contribution in [0, 0.1) is 13.8 Å². The van der Waals surface area contributed by atoms with Crippen LogP contribution in [0.3, 0.4) is 0 Å². The van der Waals surface area contributed by atoms with Crippen molar-refractivity contribution in [3.8, 4) is 17.0 Å². The highest BCUT2D eigenvalue weighted by atomic mass is 32.1. The Kier molecular flexibility index (Phi) is 6.71. The van der Waals surface area contributed by atoms with Gasteiger partial charge in [0.05, 0.1) is 13.7 Å². The molecule has 0 aliphatic heterocycles. The molecule has 2 aromatic carbocycles. The molecule has 1 amide bonds. The second-order valence-electron chi connectivity index (χ2n) is 9.64. The maximum absolute atomic E-state index is 12.7. The molecule has 0 saturated heterocycles.